The molecule has 124 valence electrons. The van der Waals surface area contributed by atoms with E-state index in [1.165, 1.54) is 12.8 Å². The molecular weight excluding hydrogens is 495 g/mol. The molecule has 0 aromatic carbocycles. The number of rotatable bonds is 4. The van der Waals surface area contributed by atoms with Crippen LogP contribution in [0.3, 0.4) is 0 Å². The molecule has 0 spiro atoms. The predicted molar refractivity (Wildman–Crippen MR) is 109 cm³/mol. The SMILES string of the molecule is Br.Br.CC(C)C1=[C]([Zr]([C]2=C(C(C)C)C=CC2)=[Si](C)C)CC=C1. The summed E-state index contributed by atoms with van der Waals surface area (Å²) in [5, 5.41) is 0. The van der Waals surface area contributed by atoms with E-state index in [0.29, 0.717) is 11.8 Å². The first-order valence-corrected chi connectivity index (χ1v) is 16.5. The summed E-state index contributed by atoms with van der Waals surface area (Å²) in [5.74, 6) is 1.41. The minimum atomic E-state index is -1.59. The molecule has 22 heavy (non-hydrogen) atoms. The molecule has 0 bridgehead atoms. The maximum absolute atomic E-state index is 2.58. The van der Waals surface area contributed by atoms with Gasteiger partial charge in [-0.1, -0.05) is 0 Å². The van der Waals surface area contributed by atoms with Crippen LogP contribution in [0, 0.1) is 11.8 Å². The van der Waals surface area contributed by atoms with Crippen LogP contribution >= 0.6 is 34.0 Å². The van der Waals surface area contributed by atoms with Crippen molar-refractivity contribution in [2.24, 2.45) is 11.8 Å². The first kappa shape index (κ1) is 23.0. The van der Waals surface area contributed by atoms with Gasteiger partial charge in [0, 0.05) is 0 Å². The molecule has 0 atom stereocenters. The molecule has 0 aliphatic heterocycles. The summed E-state index contributed by atoms with van der Waals surface area (Å²) in [6.45, 7) is 14.6. The zero-order chi connectivity index (χ0) is 14.9. The fraction of sp³-hybridized carbons (Fsp3) is 0.556. The van der Waals surface area contributed by atoms with E-state index in [2.05, 4.69) is 65.1 Å². The van der Waals surface area contributed by atoms with E-state index >= 15 is 0 Å². The van der Waals surface area contributed by atoms with Crippen LogP contribution in [0.15, 0.2) is 42.0 Å². The molecule has 0 aromatic heterocycles. The number of allylic oxidation sites excluding steroid dienone is 8. The van der Waals surface area contributed by atoms with Crippen LogP contribution in [0.2, 0.25) is 13.1 Å². The third-order valence-electron chi connectivity index (χ3n) is 4.28. The number of hydrogen-bond acceptors (Lipinski definition) is 0. The van der Waals surface area contributed by atoms with Crippen molar-refractivity contribution in [2.45, 2.75) is 53.6 Å². The Morgan fingerprint density at radius 3 is 1.45 bits per heavy atom. The monoisotopic (exact) mass is 522 g/mol. The van der Waals surface area contributed by atoms with Crippen LogP contribution in [-0.4, -0.2) is 5.43 Å². The van der Waals surface area contributed by atoms with Gasteiger partial charge in [0.1, 0.15) is 0 Å². The number of halogens is 2. The van der Waals surface area contributed by atoms with Crippen LogP contribution in [0.1, 0.15) is 40.5 Å². The molecule has 2 aliphatic carbocycles. The summed E-state index contributed by atoms with van der Waals surface area (Å²) >= 11 is -1.59. The molecule has 0 heterocycles. The Bertz CT molecular complexity index is 516. The van der Waals surface area contributed by atoms with E-state index in [-0.39, 0.29) is 39.4 Å². The molecule has 0 radical (unpaired) electrons. The van der Waals surface area contributed by atoms with Crippen LogP contribution in [0.5, 0.6) is 0 Å². The van der Waals surface area contributed by atoms with Crippen molar-refractivity contribution in [3.05, 3.63) is 42.0 Å². The van der Waals surface area contributed by atoms with Gasteiger partial charge in [-0.3, -0.25) is 0 Å². The van der Waals surface area contributed by atoms with Crippen LogP contribution in [0.4, 0.5) is 0 Å². The first-order chi connectivity index (χ1) is 9.43. The second kappa shape index (κ2) is 10.1. The van der Waals surface area contributed by atoms with Gasteiger partial charge in [0.15, 0.2) is 0 Å². The van der Waals surface area contributed by atoms with Crippen LogP contribution in [0.25, 0.3) is 0 Å². The fourth-order valence-corrected chi connectivity index (χ4v) is 22.2. The summed E-state index contributed by atoms with van der Waals surface area (Å²) in [6, 6.07) is 0. The van der Waals surface area contributed by atoms with Crippen molar-refractivity contribution in [1.82, 2.24) is 0 Å². The standard InChI is InChI=1S/2C8H11.C2H6Si.2BrH.Zr/c2*1-7(2)8-5-3-4-6-8;1-3-2;;;/h2*3,5,7H,4H2,1-2H3;1-2H3;2*1H;. The second-order valence-corrected chi connectivity index (χ2v) is 23.9. The van der Waals surface area contributed by atoms with E-state index < -0.39 is 20.4 Å². The van der Waals surface area contributed by atoms with Gasteiger partial charge in [-0.2, -0.15) is 0 Å². The normalized spacial score (nSPS) is 16.5. The van der Waals surface area contributed by atoms with Gasteiger partial charge in [-0.05, 0) is 0 Å². The maximum atomic E-state index is 2.58. The Labute approximate surface area is 166 Å². The molecule has 0 aromatic rings. The molecular formula is C18H30Br2SiZr. The summed E-state index contributed by atoms with van der Waals surface area (Å²) in [5.41, 5.74) is 3.23. The van der Waals surface area contributed by atoms with Crippen molar-refractivity contribution in [3.63, 3.8) is 0 Å². The molecule has 0 saturated carbocycles. The Balaban J connectivity index is 0.00000220. The van der Waals surface area contributed by atoms with Crippen molar-refractivity contribution >= 4 is 39.4 Å². The molecule has 0 nitrogen and oxygen atoms in total. The summed E-state index contributed by atoms with van der Waals surface area (Å²) in [6.07, 6.45) is 12.3. The molecule has 0 fully saturated rings. The molecule has 0 unspecified atom stereocenters. The van der Waals surface area contributed by atoms with Crippen molar-refractivity contribution in [1.29, 1.82) is 0 Å². The van der Waals surface area contributed by atoms with Crippen molar-refractivity contribution in [2.75, 3.05) is 0 Å². The van der Waals surface area contributed by atoms with Gasteiger partial charge in [0.05, 0.1) is 0 Å². The van der Waals surface area contributed by atoms with Gasteiger partial charge >= 0.3 is 133 Å². The van der Waals surface area contributed by atoms with Gasteiger partial charge in [0.2, 0.25) is 0 Å². The third kappa shape index (κ3) is 5.01. The average molecular weight is 526 g/mol. The van der Waals surface area contributed by atoms with E-state index in [1.807, 2.05) is 6.56 Å². The predicted octanol–water partition coefficient (Wildman–Crippen LogP) is 6.75. The average Bonchev–Trinajstić information content (AvgIpc) is 2.97. The molecule has 2 aliphatic rings. The second-order valence-electron chi connectivity index (χ2n) is 6.77. The number of hydrogen-bond donors (Lipinski definition) is 0. The third-order valence-corrected chi connectivity index (χ3v) is 21.6. The van der Waals surface area contributed by atoms with Crippen molar-refractivity contribution < 1.29 is 20.4 Å². The zero-order valence-corrected chi connectivity index (χ0v) is 21.6. The van der Waals surface area contributed by atoms with E-state index in [0.717, 1.165) is 0 Å². The Kier molecular flexibility index (Phi) is 10.6. The summed E-state index contributed by atoms with van der Waals surface area (Å²) in [4.78, 5) is 0. The van der Waals surface area contributed by atoms with E-state index in [9.17, 15) is 0 Å². The first-order valence-electron chi connectivity index (χ1n) is 7.90. The fourth-order valence-electron chi connectivity index (χ4n) is 3.40. The summed E-state index contributed by atoms with van der Waals surface area (Å²) < 4.78 is 3.86. The van der Waals surface area contributed by atoms with Gasteiger partial charge in [-0.25, -0.2) is 0 Å². The summed E-state index contributed by atoms with van der Waals surface area (Å²) in [7, 11) is 0. The molecule has 0 N–H and O–H groups in total. The molecule has 4 heteroatoms. The Hall–Kier alpha value is 1.02. The van der Waals surface area contributed by atoms with Gasteiger partial charge in [0.25, 0.3) is 0 Å². The Morgan fingerprint density at radius 1 is 0.818 bits per heavy atom. The zero-order valence-electron chi connectivity index (χ0n) is 14.7. The molecule has 2 rings (SSSR count). The van der Waals surface area contributed by atoms with E-state index in [4.69, 9.17) is 0 Å². The molecule has 0 saturated heterocycles. The Morgan fingerprint density at radius 2 is 1.18 bits per heavy atom. The van der Waals surface area contributed by atoms with Crippen molar-refractivity contribution in [3.8, 4) is 0 Å². The van der Waals surface area contributed by atoms with Gasteiger partial charge in [-0.15, -0.1) is 34.0 Å². The van der Waals surface area contributed by atoms with E-state index in [1.54, 1.807) is 11.1 Å². The van der Waals surface area contributed by atoms with Crippen LogP contribution in [-0.2, 0) is 20.4 Å². The topological polar surface area (TPSA) is 0 Å². The minimum absolute atomic E-state index is 0. The van der Waals surface area contributed by atoms with Crippen LogP contribution < -0.4 is 0 Å². The van der Waals surface area contributed by atoms with Gasteiger partial charge < -0.3 is 0 Å². The quantitative estimate of drug-likeness (QED) is 0.356. The molecule has 0 amide bonds.